The van der Waals surface area contributed by atoms with Crippen molar-refractivity contribution >= 4 is 22.9 Å². The van der Waals surface area contributed by atoms with Gasteiger partial charge in [-0.05, 0) is 25.2 Å². The van der Waals surface area contributed by atoms with Crippen molar-refractivity contribution in [3.8, 4) is 0 Å². The summed E-state index contributed by atoms with van der Waals surface area (Å²) in [6, 6.07) is 4.28. The molecule has 134 valence electrons. The van der Waals surface area contributed by atoms with Gasteiger partial charge in [0.25, 0.3) is 5.56 Å². The van der Waals surface area contributed by atoms with Crippen LogP contribution in [0.2, 0.25) is 0 Å². The van der Waals surface area contributed by atoms with Gasteiger partial charge in [-0.3, -0.25) is 9.20 Å². The van der Waals surface area contributed by atoms with Crippen molar-refractivity contribution in [2.24, 2.45) is 0 Å². The number of carboxylic acids is 1. The van der Waals surface area contributed by atoms with Crippen LogP contribution in [0, 0.1) is 0 Å². The molecular weight excluding hydrogens is 334 g/mol. The van der Waals surface area contributed by atoms with Gasteiger partial charge in [-0.15, -0.1) is 0 Å². The van der Waals surface area contributed by atoms with Crippen LogP contribution in [-0.2, 0) is 0 Å². The third kappa shape index (κ3) is 3.14. The molecule has 0 unspecified atom stereocenters. The lowest BCUT2D eigenvalue weighted by Gasteiger charge is -2.35. The summed E-state index contributed by atoms with van der Waals surface area (Å²) in [5.74, 6) is -1.37. The summed E-state index contributed by atoms with van der Waals surface area (Å²) in [6.07, 6.45) is 1.15. The number of likely N-dealkylation sites (N-methyl/N-ethyl adjacent to an activating group) is 1. The Morgan fingerprint density at radius 2 is 1.96 bits per heavy atom. The van der Waals surface area contributed by atoms with Crippen LogP contribution in [0.1, 0.15) is 10.4 Å². The molecule has 0 spiro atoms. The van der Waals surface area contributed by atoms with Gasteiger partial charge in [-0.25, -0.2) is 9.18 Å². The normalized spacial score (nSPS) is 15.6. The van der Waals surface area contributed by atoms with Crippen molar-refractivity contribution < 1.29 is 18.8 Å². The van der Waals surface area contributed by atoms with Crippen LogP contribution < -0.4 is 15.6 Å². The molecule has 1 aliphatic heterocycles. The van der Waals surface area contributed by atoms with E-state index in [4.69, 9.17) is 5.11 Å². The number of carbonyl (C=O) groups is 1. The Kier molecular flexibility index (Phi) is 4.58. The molecule has 25 heavy (non-hydrogen) atoms. The minimum atomic E-state index is -1.38. The molecule has 2 aromatic heterocycles. The van der Waals surface area contributed by atoms with Crippen molar-refractivity contribution in [3.05, 3.63) is 40.3 Å². The molecule has 1 aliphatic rings. The van der Waals surface area contributed by atoms with E-state index in [1.54, 1.807) is 6.07 Å². The summed E-state index contributed by atoms with van der Waals surface area (Å²) in [5, 5.41) is 8.97. The van der Waals surface area contributed by atoms with Gasteiger partial charge in [0.2, 0.25) is 0 Å². The predicted molar refractivity (Wildman–Crippen MR) is 89.9 cm³/mol. The van der Waals surface area contributed by atoms with Crippen molar-refractivity contribution in [1.82, 2.24) is 9.30 Å². The summed E-state index contributed by atoms with van der Waals surface area (Å²) >= 11 is 0. The molecule has 1 fully saturated rings. The van der Waals surface area contributed by atoms with Crippen molar-refractivity contribution in [3.63, 3.8) is 0 Å². The third-order valence-electron chi connectivity index (χ3n) is 4.39. The van der Waals surface area contributed by atoms with Gasteiger partial charge in [0.1, 0.15) is 11.3 Å². The molecule has 0 bridgehead atoms. The summed E-state index contributed by atoms with van der Waals surface area (Å²) < 4.78 is 28.0. The zero-order chi connectivity index (χ0) is 18.1. The summed E-state index contributed by atoms with van der Waals surface area (Å²) in [6.45, 7) is 1.45. The lowest BCUT2D eigenvalue weighted by molar-refractivity contribution is 0.0695. The maximum atomic E-state index is 14.1. The highest BCUT2D eigenvalue weighted by Crippen LogP contribution is 2.31. The molecule has 0 atom stereocenters. The standard InChI is InChI=1S/C16H18F2N4O3/c1-19-4-6-20(7-5-19)13-8-11-2-3-12(16(24)25)15(23)21(11)9-14(13)22(18)10-17/h2-3,8-9H,4-7,10H2,1H3,(H,24,25). The zero-order valence-corrected chi connectivity index (χ0v) is 13.7. The van der Waals surface area contributed by atoms with E-state index in [1.807, 2.05) is 11.9 Å². The van der Waals surface area contributed by atoms with Crippen LogP contribution in [0.3, 0.4) is 0 Å². The van der Waals surface area contributed by atoms with E-state index in [0.717, 1.165) is 23.7 Å². The number of hydrogen-bond donors (Lipinski definition) is 1. The Morgan fingerprint density at radius 1 is 1.28 bits per heavy atom. The Morgan fingerprint density at radius 3 is 2.56 bits per heavy atom. The molecule has 0 amide bonds. The van der Waals surface area contributed by atoms with Crippen LogP contribution in [0.4, 0.5) is 20.2 Å². The number of piperazine rings is 1. The van der Waals surface area contributed by atoms with Gasteiger partial charge in [0.05, 0.1) is 11.2 Å². The largest absolute Gasteiger partial charge is 0.477 e. The SMILES string of the molecule is CN1CCN(c2cc3ccc(C(=O)O)c(=O)n3cc2N(F)CF)CC1. The van der Waals surface area contributed by atoms with E-state index in [2.05, 4.69) is 4.90 Å². The number of rotatable bonds is 4. The Labute approximate surface area is 142 Å². The number of halogens is 2. The highest BCUT2D eigenvalue weighted by molar-refractivity contribution is 5.88. The number of aromatic nitrogens is 1. The lowest BCUT2D eigenvalue weighted by Crippen LogP contribution is -2.45. The average molecular weight is 352 g/mol. The van der Waals surface area contributed by atoms with Crippen LogP contribution in [0.25, 0.3) is 5.52 Å². The van der Waals surface area contributed by atoms with E-state index < -0.39 is 23.9 Å². The monoisotopic (exact) mass is 352 g/mol. The van der Waals surface area contributed by atoms with Gasteiger partial charge in [-0.2, -0.15) is 5.12 Å². The van der Waals surface area contributed by atoms with Crippen molar-refractivity contribution in [2.75, 3.05) is 50.0 Å². The molecule has 0 radical (unpaired) electrons. The summed E-state index contributed by atoms with van der Waals surface area (Å²) in [4.78, 5) is 27.5. The topological polar surface area (TPSA) is 68.5 Å². The molecule has 9 heteroatoms. The number of pyridine rings is 2. The fourth-order valence-corrected chi connectivity index (χ4v) is 2.94. The van der Waals surface area contributed by atoms with Crippen LogP contribution in [0.5, 0.6) is 0 Å². The van der Waals surface area contributed by atoms with Crippen LogP contribution >= 0.6 is 0 Å². The second-order valence-corrected chi connectivity index (χ2v) is 5.97. The fraction of sp³-hybridized carbons (Fsp3) is 0.375. The molecule has 2 aromatic rings. The van der Waals surface area contributed by atoms with Crippen LogP contribution in [-0.4, -0.2) is 60.4 Å². The molecule has 0 aliphatic carbocycles. The first-order valence-electron chi connectivity index (χ1n) is 7.78. The Bertz CT molecular complexity index is 862. The van der Waals surface area contributed by atoms with E-state index in [-0.39, 0.29) is 10.8 Å². The van der Waals surface area contributed by atoms with E-state index in [1.165, 1.54) is 12.1 Å². The maximum Gasteiger partial charge on any atom is 0.341 e. The van der Waals surface area contributed by atoms with E-state index >= 15 is 0 Å². The number of alkyl halides is 1. The molecule has 3 heterocycles. The molecular formula is C16H18F2N4O3. The minimum Gasteiger partial charge on any atom is -0.477 e. The first kappa shape index (κ1) is 17.2. The van der Waals surface area contributed by atoms with Crippen molar-refractivity contribution in [2.45, 2.75) is 0 Å². The smallest absolute Gasteiger partial charge is 0.341 e. The molecule has 1 N–H and O–H groups in total. The lowest BCUT2D eigenvalue weighted by atomic mass is 10.2. The number of carboxylic acid groups (broad SMARTS) is 1. The van der Waals surface area contributed by atoms with Crippen molar-refractivity contribution in [1.29, 1.82) is 0 Å². The second-order valence-electron chi connectivity index (χ2n) is 5.97. The first-order chi connectivity index (χ1) is 11.9. The molecule has 7 nitrogen and oxygen atoms in total. The quantitative estimate of drug-likeness (QED) is 0.662. The number of nitrogens with zero attached hydrogens (tertiary/aromatic N) is 4. The highest BCUT2D eigenvalue weighted by atomic mass is 19.2. The average Bonchev–Trinajstić information content (AvgIpc) is 2.61. The molecule has 0 saturated carbocycles. The summed E-state index contributed by atoms with van der Waals surface area (Å²) in [7, 11) is 1.98. The fourth-order valence-electron chi connectivity index (χ4n) is 2.94. The second kappa shape index (κ2) is 6.67. The van der Waals surface area contributed by atoms with Gasteiger partial charge in [0, 0.05) is 32.4 Å². The minimum absolute atomic E-state index is 0.0903. The zero-order valence-electron chi connectivity index (χ0n) is 13.7. The molecule has 0 aromatic carbocycles. The number of anilines is 2. The van der Waals surface area contributed by atoms with Gasteiger partial charge < -0.3 is 14.9 Å². The van der Waals surface area contributed by atoms with Gasteiger partial charge in [-0.1, -0.05) is 4.48 Å². The predicted octanol–water partition coefficient (Wildman–Crippen LogP) is 1.37. The Hall–Kier alpha value is -2.68. The number of aromatic carboxylic acids is 1. The van der Waals surface area contributed by atoms with Gasteiger partial charge >= 0.3 is 5.97 Å². The Balaban J connectivity index is 2.17. The maximum absolute atomic E-state index is 14.1. The van der Waals surface area contributed by atoms with Gasteiger partial charge in [0.15, 0.2) is 6.80 Å². The summed E-state index contributed by atoms with van der Waals surface area (Å²) in [5.41, 5.74) is -0.440. The molecule has 3 rings (SSSR count). The van der Waals surface area contributed by atoms with E-state index in [0.29, 0.717) is 24.3 Å². The first-order valence-corrected chi connectivity index (χ1v) is 7.78. The van der Waals surface area contributed by atoms with Crippen LogP contribution in [0.15, 0.2) is 29.2 Å². The van der Waals surface area contributed by atoms with E-state index in [9.17, 15) is 18.5 Å². The molecule has 1 saturated heterocycles. The number of fused-ring (bicyclic) bond motifs is 1. The highest BCUT2D eigenvalue weighted by Gasteiger charge is 2.22. The third-order valence-corrected chi connectivity index (χ3v) is 4.39. The number of hydrogen-bond acceptors (Lipinski definition) is 5.